The molecule has 6 heteroatoms. The number of hydrogen-bond donors (Lipinski definition) is 2. The summed E-state index contributed by atoms with van der Waals surface area (Å²) in [5.74, 6) is -1.36. The van der Waals surface area contributed by atoms with E-state index in [0.29, 0.717) is 6.42 Å². The molecule has 2 atom stereocenters. The summed E-state index contributed by atoms with van der Waals surface area (Å²) >= 11 is 0. The SMILES string of the molecule is CCC(NS(=O)(=O)C(C)C(=O)O)c1ccc(C)cc1. The second-order valence-corrected chi connectivity index (χ2v) is 6.55. The molecule has 19 heavy (non-hydrogen) atoms. The summed E-state index contributed by atoms with van der Waals surface area (Å²) in [6.45, 7) is 4.95. The van der Waals surface area contributed by atoms with Gasteiger partial charge in [0.15, 0.2) is 5.25 Å². The number of hydrogen-bond acceptors (Lipinski definition) is 3. The summed E-state index contributed by atoms with van der Waals surface area (Å²) in [7, 11) is -3.88. The third-order valence-corrected chi connectivity index (χ3v) is 4.75. The van der Waals surface area contributed by atoms with E-state index in [4.69, 9.17) is 5.11 Å². The van der Waals surface area contributed by atoms with Gasteiger partial charge in [-0.15, -0.1) is 0 Å². The van der Waals surface area contributed by atoms with Gasteiger partial charge >= 0.3 is 5.97 Å². The number of carboxylic acid groups (broad SMARTS) is 1. The Morgan fingerprint density at radius 3 is 2.26 bits per heavy atom. The number of nitrogens with one attached hydrogen (secondary N) is 1. The lowest BCUT2D eigenvalue weighted by molar-refractivity contribution is -0.136. The summed E-state index contributed by atoms with van der Waals surface area (Å²) < 4.78 is 26.2. The van der Waals surface area contributed by atoms with Gasteiger partial charge in [-0.05, 0) is 25.8 Å². The number of aliphatic carboxylic acids is 1. The van der Waals surface area contributed by atoms with Crippen LogP contribution in [0.5, 0.6) is 0 Å². The minimum Gasteiger partial charge on any atom is -0.480 e. The molecule has 0 aliphatic rings. The molecular formula is C13H19NO4S. The van der Waals surface area contributed by atoms with E-state index in [9.17, 15) is 13.2 Å². The molecule has 0 fully saturated rings. The van der Waals surface area contributed by atoms with Gasteiger partial charge in [0.1, 0.15) is 0 Å². The normalized spacial score (nSPS) is 14.9. The molecule has 0 aromatic heterocycles. The van der Waals surface area contributed by atoms with E-state index in [1.807, 2.05) is 38.1 Å². The molecule has 2 N–H and O–H groups in total. The van der Waals surface area contributed by atoms with E-state index < -0.39 is 27.3 Å². The zero-order chi connectivity index (χ0) is 14.6. The molecule has 0 saturated heterocycles. The van der Waals surface area contributed by atoms with Gasteiger partial charge in [0, 0.05) is 6.04 Å². The first-order valence-electron chi connectivity index (χ1n) is 6.08. The van der Waals surface area contributed by atoms with Crippen molar-refractivity contribution in [2.45, 2.75) is 38.5 Å². The smallest absolute Gasteiger partial charge is 0.323 e. The van der Waals surface area contributed by atoms with Crippen LogP contribution in [0.2, 0.25) is 0 Å². The number of sulfonamides is 1. The van der Waals surface area contributed by atoms with Gasteiger partial charge in [0.2, 0.25) is 10.0 Å². The molecular weight excluding hydrogens is 266 g/mol. The second-order valence-electron chi connectivity index (χ2n) is 4.51. The van der Waals surface area contributed by atoms with Gasteiger partial charge in [-0.2, -0.15) is 0 Å². The second kappa shape index (κ2) is 6.16. The number of aryl methyl sites for hydroxylation is 1. The van der Waals surface area contributed by atoms with Crippen LogP contribution < -0.4 is 4.72 Å². The zero-order valence-corrected chi connectivity index (χ0v) is 12.1. The van der Waals surface area contributed by atoms with Gasteiger partial charge in [0.05, 0.1) is 0 Å². The number of benzene rings is 1. The van der Waals surface area contributed by atoms with E-state index >= 15 is 0 Å². The third kappa shape index (κ3) is 4.04. The molecule has 1 rings (SSSR count). The Kier molecular flexibility index (Phi) is 5.08. The molecule has 0 amide bonds. The minimum absolute atomic E-state index is 0.410. The van der Waals surface area contributed by atoms with Gasteiger partial charge in [0.25, 0.3) is 0 Å². The van der Waals surface area contributed by atoms with Gasteiger partial charge in [-0.25, -0.2) is 13.1 Å². The lowest BCUT2D eigenvalue weighted by Gasteiger charge is -2.19. The summed E-state index contributed by atoms with van der Waals surface area (Å²) in [6, 6.07) is 7.07. The van der Waals surface area contributed by atoms with Crippen LogP contribution in [0.25, 0.3) is 0 Å². The van der Waals surface area contributed by atoms with Crippen molar-refractivity contribution < 1.29 is 18.3 Å². The van der Waals surface area contributed by atoms with E-state index in [1.54, 1.807) is 0 Å². The molecule has 0 aliphatic carbocycles. The van der Waals surface area contributed by atoms with Crippen molar-refractivity contribution in [3.05, 3.63) is 35.4 Å². The lowest BCUT2D eigenvalue weighted by atomic mass is 10.0. The van der Waals surface area contributed by atoms with Crippen molar-refractivity contribution in [3.63, 3.8) is 0 Å². The Labute approximate surface area is 113 Å². The van der Waals surface area contributed by atoms with Crippen LogP contribution in [-0.4, -0.2) is 24.7 Å². The van der Waals surface area contributed by atoms with E-state index in [2.05, 4.69) is 4.72 Å². The number of carbonyl (C=O) groups is 1. The van der Waals surface area contributed by atoms with Gasteiger partial charge in [-0.3, -0.25) is 4.79 Å². The van der Waals surface area contributed by atoms with Crippen LogP contribution >= 0.6 is 0 Å². The molecule has 0 heterocycles. The Morgan fingerprint density at radius 1 is 1.32 bits per heavy atom. The van der Waals surface area contributed by atoms with Crippen molar-refractivity contribution in [1.82, 2.24) is 4.72 Å². The monoisotopic (exact) mass is 285 g/mol. The summed E-state index contributed by atoms with van der Waals surface area (Å²) in [5.41, 5.74) is 1.91. The maximum Gasteiger partial charge on any atom is 0.323 e. The Balaban J connectivity index is 2.94. The molecule has 0 bridgehead atoms. The van der Waals surface area contributed by atoms with Crippen molar-refractivity contribution in [3.8, 4) is 0 Å². The Bertz CT molecular complexity index is 536. The minimum atomic E-state index is -3.88. The fourth-order valence-electron chi connectivity index (χ4n) is 1.62. The molecule has 0 saturated carbocycles. The number of rotatable bonds is 6. The van der Waals surface area contributed by atoms with Gasteiger partial charge < -0.3 is 5.11 Å². The fraction of sp³-hybridized carbons (Fsp3) is 0.462. The highest BCUT2D eigenvalue weighted by Crippen LogP contribution is 2.19. The van der Waals surface area contributed by atoms with Crippen molar-refractivity contribution in [2.24, 2.45) is 0 Å². The Hall–Kier alpha value is -1.40. The highest BCUT2D eigenvalue weighted by atomic mass is 32.2. The first kappa shape index (κ1) is 15.7. The maximum absolute atomic E-state index is 11.9. The zero-order valence-electron chi connectivity index (χ0n) is 11.3. The van der Waals surface area contributed by atoms with Gasteiger partial charge in [-0.1, -0.05) is 36.8 Å². The highest BCUT2D eigenvalue weighted by Gasteiger charge is 2.29. The van der Waals surface area contributed by atoms with Crippen LogP contribution in [-0.2, 0) is 14.8 Å². The quantitative estimate of drug-likeness (QED) is 0.835. The molecule has 0 spiro atoms. The standard InChI is InChI=1S/C13H19NO4S/c1-4-12(11-7-5-9(2)6-8-11)14-19(17,18)10(3)13(15)16/h5-8,10,12,14H,4H2,1-3H3,(H,15,16). The predicted molar refractivity (Wildman–Crippen MR) is 73.4 cm³/mol. The van der Waals surface area contributed by atoms with E-state index in [-0.39, 0.29) is 0 Å². The lowest BCUT2D eigenvalue weighted by Crippen LogP contribution is -2.39. The van der Waals surface area contributed by atoms with Crippen LogP contribution in [0.3, 0.4) is 0 Å². The fourth-order valence-corrected chi connectivity index (χ4v) is 2.79. The Morgan fingerprint density at radius 2 is 1.84 bits per heavy atom. The molecule has 106 valence electrons. The van der Waals surface area contributed by atoms with Crippen molar-refractivity contribution in [2.75, 3.05) is 0 Å². The maximum atomic E-state index is 11.9. The number of carboxylic acids is 1. The van der Waals surface area contributed by atoms with Crippen LogP contribution in [0, 0.1) is 6.92 Å². The molecule has 0 aliphatic heterocycles. The van der Waals surface area contributed by atoms with Crippen molar-refractivity contribution >= 4 is 16.0 Å². The largest absolute Gasteiger partial charge is 0.480 e. The summed E-state index contributed by atoms with van der Waals surface area (Å²) in [4.78, 5) is 10.8. The molecule has 1 aromatic rings. The first-order valence-corrected chi connectivity index (χ1v) is 7.63. The average Bonchev–Trinajstić information content (AvgIpc) is 2.36. The summed E-state index contributed by atoms with van der Waals surface area (Å²) in [6.07, 6.45) is 0.550. The van der Waals surface area contributed by atoms with E-state index in [1.165, 1.54) is 0 Å². The van der Waals surface area contributed by atoms with E-state index in [0.717, 1.165) is 18.1 Å². The predicted octanol–water partition coefficient (Wildman–Crippen LogP) is 1.84. The molecule has 5 nitrogen and oxygen atoms in total. The highest BCUT2D eigenvalue weighted by molar-refractivity contribution is 7.90. The first-order chi connectivity index (χ1) is 8.77. The van der Waals surface area contributed by atoms with Crippen LogP contribution in [0.1, 0.15) is 37.4 Å². The third-order valence-electron chi connectivity index (χ3n) is 3.01. The van der Waals surface area contributed by atoms with Crippen LogP contribution in [0.15, 0.2) is 24.3 Å². The van der Waals surface area contributed by atoms with Crippen molar-refractivity contribution in [1.29, 1.82) is 0 Å². The molecule has 2 unspecified atom stereocenters. The topological polar surface area (TPSA) is 83.5 Å². The summed E-state index contributed by atoms with van der Waals surface area (Å²) in [5, 5.41) is 7.33. The average molecular weight is 285 g/mol. The van der Waals surface area contributed by atoms with Crippen LogP contribution in [0.4, 0.5) is 0 Å². The molecule has 0 radical (unpaired) electrons. The molecule has 1 aromatic carbocycles.